The number of amides is 1. The van der Waals surface area contributed by atoms with E-state index in [1.165, 1.54) is 6.07 Å². The molecule has 1 aromatic carbocycles. The number of rotatable bonds is 5. The van der Waals surface area contributed by atoms with Crippen LogP contribution in [0.1, 0.15) is 43.2 Å². The maximum atomic E-state index is 13.1. The number of likely N-dealkylation sites (N-methyl/N-ethyl adjacent to an activating group) is 2. The summed E-state index contributed by atoms with van der Waals surface area (Å²) in [5.74, 6) is -0.0724. The molecule has 1 amide bonds. The summed E-state index contributed by atoms with van der Waals surface area (Å²) >= 11 is 0. The topological polar surface area (TPSA) is 32.3 Å². The van der Waals surface area contributed by atoms with Crippen molar-refractivity contribution in [2.45, 2.75) is 43.7 Å². The second kappa shape index (κ2) is 7.55. The van der Waals surface area contributed by atoms with E-state index < -0.39 is 17.2 Å². The van der Waals surface area contributed by atoms with Crippen molar-refractivity contribution >= 4 is 5.91 Å². The van der Waals surface area contributed by atoms with Crippen molar-refractivity contribution in [3.05, 3.63) is 35.4 Å². The third-order valence-electron chi connectivity index (χ3n) is 4.90. The lowest BCUT2D eigenvalue weighted by Crippen LogP contribution is -2.48. The largest absolute Gasteiger partial charge is 0.416 e. The summed E-state index contributed by atoms with van der Waals surface area (Å²) in [5, 5.41) is 3.00. The van der Waals surface area contributed by atoms with Gasteiger partial charge in [-0.1, -0.05) is 37.5 Å². The Morgan fingerprint density at radius 3 is 2.50 bits per heavy atom. The van der Waals surface area contributed by atoms with Crippen molar-refractivity contribution in [2.75, 3.05) is 27.2 Å². The molecule has 0 unspecified atom stereocenters. The number of alkyl halides is 3. The summed E-state index contributed by atoms with van der Waals surface area (Å²) in [4.78, 5) is 14.7. The predicted octanol–water partition coefficient (Wildman–Crippen LogP) is 3.59. The Hall–Kier alpha value is -1.56. The average Bonchev–Trinajstić information content (AvgIpc) is 2.59. The van der Waals surface area contributed by atoms with Crippen molar-refractivity contribution in [1.82, 2.24) is 10.2 Å². The van der Waals surface area contributed by atoms with E-state index in [1.54, 1.807) is 18.0 Å². The van der Waals surface area contributed by atoms with Crippen molar-refractivity contribution in [2.24, 2.45) is 0 Å². The minimum atomic E-state index is -4.40. The Balaban J connectivity index is 2.39. The van der Waals surface area contributed by atoms with Crippen LogP contribution in [0.5, 0.6) is 0 Å². The first-order valence-corrected chi connectivity index (χ1v) is 8.39. The zero-order valence-corrected chi connectivity index (χ0v) is 14.2. The van der Waals surface area contributed by atoms with Gasteiger partial charge in [0.25, 0.3) is 0 Å². The molecule has 0 aromatic heterocycles. The lowest BCUT2D eigenvalue weighted by molar-refractivity contribution is -0.139. The molecule has 2 rings (SSSR count). The summed E-state index contributed by atoms with van der Waals surface area (Å²) < 4.78 is 39.2. The van der Waals surface area contributed by atoms with Gasteiger partial charge in [0.2, 0.25) is 5.91 Å². The number of nitrogens with zero attached hydrogens (tertiary/aromatic N) is 1. The highest BCUT2D eigenvalue weighted by Crippen LogP contribution is 2.42. The maximum absolute atomic E-state index is 13.1. The molecule has 1 aliphatic carbocycles. The molecule has 0 heterocycles. The summed E-state index contributed by atoms with van der Waals surface area (Å²) in [6.07, 6.45) is -0.432. The minimum absolute atomic E-state index is 0.0724. The SMILES string of the molecule is CNCCN(C)C(=O)C1(c2cccc(C(F)(F)F)c2)CCCCC1. The van der Waals surface area contributed by atoms with Crippen LogP contribution in [0.25, 0.3) is 0 Å². The van der Waals surface area contributed by atoms with Gasteiger partial charge < -0.3 is 10.2 Å². The fourth-order valence-electron chi connectivity index (χ4n) is 3.52. The second-order valence-electron chi connectivity index (χ2n) is 6.55. The van der Waals surface area contributed by atoms with Crippen LogP contribution in [-0.2, 0) is 16.4 Å². The Labute approximate surface area is 141 Å². The molecule has 0 bridgehead atoms. The lowest BCUT2D eigenvalue weighted by atomic mass is 9.68. The summed E-state index contributed by atoms with van der Waals surface area (Å²) in [7, 11) is 3.53. The predicted molar refractivity (Wildman–Crippen MR) is 87.8 cm³/mol. The van der Waals surface area contributed by atoms with Crippen molar-refractivity contribution in [3.63, 3.8) is 0 Å². The molecule has 3 nitrogen and oxygen atoms in total. The summed E-state index contributed by atoms with van der Waals surface area (Å²) in [6, 6.07) is 5.31. The van der Waals surface area contributed by atoms with Gasteiger partial charge in [0.05, 0.1) is 11.0 Å². The third kappa shape index (κ3) is 3.91. The molecule has 0 radical (unpaired) electrons. The first-order chi connectivity index (χ1) is 11.3. The molecule has 0 saturated heterocycles. The molecular formula is C18H25F3N2O. The number of nitrogens with one attached hydrogen (secondary N) is 1. The van der Waals surface area contributed by atoms with E-state index in [0.29, 0.717) is 31.5 Å². The quantitative estimate of drug-likeness (QED) is 0.887. The lowest BCUT2D eigenvalue weighted by Gasteiger charge is -2.39. The second-order valence-corrected chi connectivity index (χ2v) is 6.55. The molecule has 1 aromatic rings. The van der Waals surface area contributed by atoms with Crippen LogP contribution < -0.4 is 5.32 Å². The van der Waals surface area contributed by atoms with Gasteiger partial charge in [-0.25, -0.2) is 0 Å². The monoisotopic (exact) mass is 342 g/mol. The molecule has 1 fully saturated rings. The number of halogens is 3. The van der Waals surface area contributed by atoms with Crippen molar-refractivity contribution < 1.29 is 18.0 Å². The van der Waals surface area contributed by atoms with Crippen LogP contribution in [0, 0.1) is 0 Å². The number of hydrogen-bond donors (Lipinski definition) is 1. The molecule has 24 heavy (non-hydrogen) atoms. The number of carbonyl (C=O) groups excluding carboxylic acids is 1. The Bertz CT molecular complexity index is 566. The van der Waals surface area contributed by atoms with Gasteiger partial charge in [0.1, 0.15) is 0 Å². The molecule has 134 valence electrons. The number of carbonyl (C=O) groups is 1. The average molecular weight is 342 g/mol. The summed E-state index contributed by atoms with van der Waals surface area (Å²) in [5.41, 5.74) is -1.02. The van der Waals surface area contributed by atoms with Gasteiger partial charge in [-0.15, -0.1) is 0 Å². The van der Waals surface area contributed by atoms with Gasteiger partial charge >= 0.3 is 6.18 Å². The van der Waals surface area contributed by atoms with Gasteiger partial charge in [-0.3, -0.25) is 4.79 Å². The zero-order chi connectivity index (χ0) is 17.8. The smallest absolute Gasteiger partial charge is 0.344 e. The van der Waals surface area contributed by atoms with Crippen LogP contribution in [0.4, 0.5) is 13.2 Å². The first-order valence-electron chi connectivity index (χ1n) is 8.39. The minimum Gasteiger partial charge on any atom is -0.344 e. The molecule has 0 spiro atoms. The van der Waals surface area contributed by atoms with Crippen LogP contribution in [0.3, 0.4) is 0 Å². The molecule has 1 aliphatic rings. The van der Waals surface area contributed by atoms with E-state index in [9.17, 15) is 18.0 Å². The van der Waals surface area contributed by atoms with E-state index in [4.69, 9.17) is 0 Å². The molecule has 6 heteroatoms. The highest BCUT2D eigenvalue weighted by atomic mass is 19.4. The molecule has 1 saturated carbocycles. The molecule has 0 aliphatic heterocycles. The van der Waals surface area contributed by atoms with Gasteiger partial charge in [0, 0.05) is 20.1 Å². The van der Waals surface area contributed by atoms with Crippen LogP contribution in [-0.4, -0.2) is 38.0 Å². The van der Waals surface area contributed by atoms with E-state index in [-0.39, 0.29) is 5.91 Å². The van der Waals surface area contributed by atoms with Crippen LogP contribution in [0.15, 0.2) is 24.3 Å². The van der Waals surface area contributed by atoms with E-state index in [1.807, 2.05) is 7.05 Å². The first kappa shape index (κ1) is 18.8. The third-order valence-corrected chi connectivity index (χ3v) is 4.90. The molecular weight excluding hydrogens is 317 g/mol. The normalized spacial score (nSPS) is 17.5. The molecule has 0 atom stereocenters. The Morgan fingerprint density at radius 1 is 1.25 bits per heavy atom. The number of benzene rings is 1. The van der Waals surface area contributed by atoms with Crippen LogP contribution >= 0.6 is 0 Å². The van der Waals surface area contributed by atoms with E-state index >= 15 is 0 Å². The van der Waals surface area contributed by atoms with E-state index in [2.05, 4.69) is 5.32 Å². The summed E-state index contributed by atoms with van der Waals surface area (Å²) in [6.45, 7) is 1.19. The molecule has 1 N–H and O–H groups in total. The highest BCUT2D eigenvalue weighted by molar-refractivity contribution is 5.88. The standard InChI is InChI=1S/C18H25F3N2O/c1-22-11-12-23(2)16(24)17(9-4-3-5-10-17)14-7-6-8-15(13-14)18(19,20)21/h6-8,13,22H,3-5,9-12H2,1-2H3. The van der Waals surface area contributed by atoms with Crippen LogP contribution in [0.2, 0.25) is 0 Å². The highest BCUT2D eigenvalue weighted by Gasteiger charge is 2.43. The fraction of sp³-hybridized carbons (Fsp3) is 0.611. The maximum Gasteiger partial charge on any atom is 0.416 e. The van der Waals surface area contributed by atoms with Crippen molar-refractivity contribution in [3.8, 4) is 0 Å². The number of hydrogen-bond acceptors (Lipinski definition) is 2. The Morgan fingerprint density at radius 2 is 1.92 bits per heavy atom. The van der Waals surface area contributed by atoms with Crippen molar-refractivity contribution in [1.29, 1.82) is 0 Å². The van der Waals surface area contributed by atoms with Gasteiger partial charge in [-0.05, 0) is 31.5 Å². The van der Waals surface area contributed by atoms with Gasteiger partial charge in [0.15, 0.2) is 0 Å². The van der Waals surface area contributed by atoms with Gasteiger partial charge in [-0.2, -0.15) is 13.2 Å². The fourth-order valence-corrected chi connectivity index (χ4v) is 3.52. The Kier molecular flexibility index (Phi) is 5.91. The van der Waals surface area contributed by atoms with E-state index in [0.717, 1.165) is 31.4 Å². The zero-order valence-electron chi connectivity index (χ0n) is 14.2.